The van der Waals surface area contributed by atoms with E-state index in [1.165, 1.54) is 38.5 Å². The molecule has 6 heteroatoms. The number of carbonyl (C=O) groups excluding carboxylic acids is 2. The second-order valence-electron chi connectivity index (χ2n) is 10.9. The third-order valence-corrected chi connectivity index (χ3v) is 8.38. The molecular formula is C24H40N2O4. The molecule has 170 valence electrons. The largest absolute Gasteiger partial charge is 0.381 e. The maximum absolute atomic E-state index is 13.4. The lowest BCUT2D eigenvalue weighted by Crippen LogP contribution is -2.65. The Hall–Kier alpha value is -1.14. The van der Waals surface area contributed by atoms with Crippen molar-refractivity contribution in [3.05, 3.63) is 0 Å². The summed E-state index contributed by atoms with van der Waals surface area (Å²) in [5.41, 5.74) is 0.520. The number of amides is 2. The monoisotopic (exact) mass is 420 g/mol. The van der Waals surface area contributed by atoms with Gasteiger partial charge < -0.3 is 19.7 Å². The highest BCUT2D eigenvalue weighted by Gasteiger charge is 2.48. The average Bonchev–Trinajstić information content (AvgIpc) is 2.75. The maximum atomic E-state index is 13.4. The van der Waals surface area contributed by atoms with Crippen molar-refractivity contribution in [3.8, 4) is 0 Å². The predicted octanol–water partition coefficient (Wildman–Crippen LogP) is 3.14. The number of nitrogens with one attached hydrogen (secondary N) is 1. The van der Waals surface area contributed by atoms with Crippen molar-refractivity contribution in [2.45, 2.75) is 84.3 Å². The van der Waals surface area contributed by atoms with Gasteiger partial charge in [-0.25, -0.2) is 0 Å². The summed E-state index contributed by atoms with van der Waals surface area (Å²) in [5.74, 6) is 0.700. The first kappa shape index (κ1) is 22.1. The molecule has 0 radical (unpaired) electrons. The highest BCUT2D eigenvalue weighted by atomic mass is 16.5. The summed E-state index contributed by atoms with van der Waals surface area (Å²) in [6.07, 6.45) is 9.44. The Morgan fingerprint density at radius 1 is 1.03 bits per heavy atom. The predicted molar refractivity (Wildman–Crippen MR) is 115 cm³/mol. The van der Waals surface area contributed by atoms with Gasteiger partial charge in [0, 0.05) is 37.6 Å². The third-order valence-electron chi connectivity index (χ3n) is 8.38. The van der Waals surface area contributed by atoms with Crippen molar-refractivity contribution in [1.82, 2.24) is 10.2 Å². The van der Waals surface area contributed by atoms with Crippen LogP contribution in [0.2, 0.25) is 0 Å². The first-order chi connectivity index (χ1) is 14.3. The standard InChI is InChI=1S/C24H40N2O4/c1-17(2)21(27)25-20(22(28)26-14-24(15-26)10-12-29-13-11-24)18(3)30-16-23-7-4-19(5-8-23)6-9-23/h17-20H,4-16H2,1-3H3,(H,25,27). The summed E-state index contributed by atoms with van der Waals surface area (Å²) >= 11 is 0. The number of ether oxygens (including phenoxy) is 2. The van der Waals surface area contributed by atoms with E-state index in [0.717, 1.165) is 45.1 Å². The van der Waals surface area contributed by atoms with Crippen molar-refractivity contribution >= 4 is 11.8 Å². The molecule has 5 fully saturated rings. The molecule has 2 aliphatic heterocycles. The van der Waals surface area contributed by atoms with Crippen LogP contribution in [0, 0.1) is 22.7 Å². The Kier molecular flexibility index (Phi) is 6.45. The first-order valence-corrected chi connectivity index (χ1v) is 12.1. The lowest BCUT2D eigenvalue weighted by atomic mass is 9.61. The second kappa shape index (κ2) is 8.78. The highest BCUT2D eigenvalue weighted by Crippen LogP contribution is 2.50. The Labute approximate surface area is 181 Å². The Morgan fingerprint density at radius 3 is 2.20 bits per heavy atom. The van der Waals surface area contributed by atoms with Crippen LogP contribution in [-0.4, -0.2) is 61.8 Å². The molecule has 30 heavy (non-hydrogen) atoms. The molecule has 0 aromatic rings. The fourth-order valence-corrected chi connectivity index (χ4v) is 5.90. The SMILES string of the molecule is CC(C)C(=O)NC(C(=O)N1CC2(CCOCC2)C1)C(C)OCC12CCC(CC1)CC2. The topological polar surface area (TPSA) is 67.9 Å². The van der Waals surface area contributed by atoms with Crippen molar-refractivity contribution in [2.24, 2.45) is 22.7 Å². The zero-order chi connectivity index (χ0) is 21.4. The zero-order valence-corrected chi connectivity index (χ0v) is 19.1. The minimum Gasteiger partial charge on any atom is -0.381 e. The van der Waals surface area contributed by atoms with Crippen LogP contribution in [0.25, 0.3) is 0 Å². The van der Waals surface area contributed by atoms with Gasteiger partial charge in [0.05, 0.1) is 12.7 Å². The van der Waals surface area contributed by atoms with Gasteiger partial charge in [0.15, 0.2) is 0 Å². The molecular weight excluding hydrogens is 380 g/mol. The van der Waals surface area contributed by atoms with Gasteiger partial charge in [-0.3, -0.25) is 9.59 Å². The van der Waals surface area contributed by atoms with E-state index >= 15 is 0 Å². The Bertz CT molecular complexity index is 613. The number of nitrogens with zero attached hydrogens (tertiary/aromatic N) is 1. The molecule has 5 aliphatic rings. The van der Waals surface area contributed by atoms with Gasteiger partial charge in [-0.2, -0.15) is 0 Å². The van der Waals surface area contributed by atoms with Gasteiger partial charge in [0.25, 0.3) is 0 Å². The quantitative estimate of drug-likeness (QED) is 0.687. The van der Waals surface area contributed by atoms with E-state index in [1.807, 2.05) is 25.7 Å². The van der Waals surface area contributed by atoms with Crippen molar-refractivity contribution < 1.29 is 19.1 Å². The van der Waals surface area contributed by atoms with Gasteiger partial charge in [-0.15, -0.1) is 0 Å². The number of hydrogen-bond acceptors (Lipinski definition) is 4. The maximum Gasteiger partial charge on any atom is 0.247 e. The van der Waals surface area contributed by atoms with Gasteiger partial charge >= 0.3 is 0 Å². The van der Waals surface area contributed by atoms with Crippen LogP contribution in [0.4, 0.5) is 0 Å². The molecule has 1 spiro atoms. The summed E-state index contributed by atoms with van der Waals surface area (Å²) in [5, 5.41) is 3.00. The van der Waals surface area contributed by atoms with Crippen molar-refractivity contribution in [2.75, 3.05) is 32.9 Å². The lowest BCUT2D eigenvalue weighted by molar-refractivity contribution is -0.159. The number of likely N-dealkylation sites (tertiary alicyclic amines) is 1. The van der Waals surface area contributed by atoms with Crippen molar-refractivity contribution in [1.29, 1.82) is 0 Å². The summed E-state index contributed by atoms with van der Waals surface area (Å²) in [4.78, 5) is 27.7. The minimum atomic E-state index is -0.603. The summed E-state index contributed by atoms with van der Waals surface area (Å²) < 4.78 is 11.8. The van der Waals surface area contributed by atoms with Gasteiger partial charge in [0.1, 0.15) is 6.04 Å². The molecule has 3 saturated carbocycles. The van der Waals surface area contributed by atoms with E-state index in [4.69, 9.17) is 9.47 Å². The second-order valence-corrected chi connectivity index (χ2v) is 10.9. The molecule has 2 unspecified atom stereocenters. The van der Waals surface area contributed by atoms with E-state index < -0.39 is 6.04 Å². The molecule has 5 rings (SSSR count). The summed E-state index contributed by atoms with van der Waals surface area (Å²) in [6, 6.07) is -0.603. The number of hydrogen-bond donors (Lipinski definition) is 1. The lowest BCUT2D eigenvalue weighted by Gasteiger charge is -2.53. The van der Waals surface area contributed by atoms with E-state index in [0.29, 0.717) is 12.0 Å². The van der Waals surface area contributed by atoms with E-state index in [-0.39, 0.29) is 29.3 Å². The number of carbonyl (C=O) groups is 2. The molecule has 2 saturated heterocycles. The van der Waals surface area contributed by atoms with Crippen molar-refractivity contribution in [3.63, 3.8) is 0 Å². The Morgan fingerprint density at radius 2 is 1.63 bits per heavy atom. The molecule has 2 atom stereocenters. The molecule has 2 bridgehead atoms. The van der Waals surface area contributed by atoms with Gasteiger partial charge in [-0.1, -0.05) is 13.8 Å². The smallest absolute Gasteiger partial charge is 0.247 e. The first-order valence-electron chi connectivity index (χ1n) is 12.1. The van der Waals surface area contributed by atoms with Crippen LogP contribution in [0.15, 0.2) is 0 Å². The van der Waals surface area contributed by atoms with Gasteiger partial charge in [-0.05, 0) is 69.6 Å². The Balaban J connectivity index is 1.37. The average molecular weight is 421 g/mol. The van der Waals surface area contributed by atoms with Crippen LogP contribution < -0.4 is 5.32 Å². The fourth-order valence-electron chi connectivity index (χ4n) is 5.90. The molecule has 0 aromatic heterocycles. The van der Waals surface area contributed by atoms with E-state index in [9.17, 15) is 9.59 Å². The van der Waals surface area contributed by atoms with E-state index in [1.54, 1.807) is 0 Å². The van der Waals surface area contributed by atoms with E-state index in [2.05, 4.69) is 5.32 Å². The molecule has 1 N–H and O–H groups in total. The van der Waals surface area contributed by atoms with Crippen LogP contribution in [0.1, 0.15) is 72.1 Å². The minimum absolute atomic E-state index is 0.0125. The third kappa shape index (κ3) is 4.55. The fraction of sp³-hybridized carbons (Fsp3) is 0.917. The molecule has 2 heterocycles. The van der Waals surface area contributed by atoms with Gasteiger partial charge in [0.2, 0.25) is 11.8 Å². The molecule has 2 amide bonds. The van der Waals surface area contributed by atoms with Crippen LogP contribution in [0.3, 0.4) is 0 Å². The molecule has 0 aromatic carbocycles. The van der Waals surface area contributed by atoms with Crippen LogP contribution in [0.5, 0.6) is 0 Å². The summed E-state index contributed by atoms with van der Waals surface area (Å²) in [6.45, 7) is 9.53. The zero-order valence-electron chi connectivity index (χ0n) is 19.1. The molecule has 3 aliphatic carbocycles. The van der Waals surface area contributed by atoms with Crippen LogP contribution >= 0.6 is 0 Å². The van der Waals surface area contributed by atoms with Crippen LogP contribution in [-0.2, 0) is 19.1 Å². The summed E-state index contributed by atoms with van der Waals surface area (Å²) in [7, 11) is 0. The normalized spacial score (nSPS) is 32.0. The number of rotatable bonds is 7. The number of fused-ring (bicyclic) bond motifs is 3. The molecule has 6 nitrogen and oxygen atoms in total. The highest BCUT2D eigenvalue weighted by molar-refractivity contribution is 5.89.